The Hall–Kier alpha value is -2.18. The Balaban J connectivity index is 1.43. The van der Waals surface area contributed by atoms with Gasteiger partial charge in [0.15, 0.2) is 0 Å². The van der Waals surface area contributed by atoms with Gasteiger partial charge in [-0.1, -0.05) is 6.92 Å². The number of nitrogens with zero attached hydrogens (tertiary/aromatic N) is 5. The summed E-state index contributed by atoms with van der Waals surface area (Å²) < 4.78 is 7.39. The molecule has 2 heterocycles. The van der Waals surface area contributed by atoms with Crippen LogP contribution in [-0.2, 0) is 17.9 Å². The number of rotatable bonds is 6. The van der Waals surface area contributed by atoms with Crippen molar-refractivity contribution in [1.29, 1.82) is 0 Å². The summed E-state index contributed by atoms with van der Waals surface area (Å²) in [6, 6.07) is 4.39. The average molecular weight is 301 g/mol. The molecule has 0 aromatic carbocycles. The lowest BCUT2D eigenvalue weighted by atomic mass is 10.3. The van der Waals surface area contributed by atoms with Crippen LogP contribution in [0.3, 0.4) is 0 Å². The first-order valence-corrected chi connectivity index (χ1v) is 7.79. The molecular formula is C15H19N5O2. The zero-order chi connectivity index (χ0) is 15.1. The van der Waals surface area contributed by atoms with E-state index in [0.717, 1.165) is 30.3 Å². The molecule has 0 N–H and O–H groups in total. The van der Waals surface area contributed by atoms with Gasteiger partial charge in [-0.2, -0.15) is 0 Å². The van der Waals surface area contributed by atoms with E-state index >= 15 is 0 Å². The van der Waals surface area contributed by atoms with Crippen molar-refractivity contribution in [3.63, 3.8) is 0 Å². The molecule has 2 aliphatic carbocycles. The van der Waals surface area contributed by atoms with Gasteiger partial charge >= 0.3 is 0 Å². The second kappa shape index (κ2) is 5.23. The van der Waals surface area contributed by atoms with Crippen LogP contribution in [0, 0.1) is 5.92 Å². The molecule has 7 heteroatoms. The van der Waals surface area contributed by atoms with Crippen molar-refractivity contribution < 1.29 is 9.21 Å². The van der Waals surface area contributed by atoms with Gasteiger partial charge in [0.25, 0.3) is 0 Å². The molecule has 2 aliphatic rings. The van der Waals surface area contributed by atoms with Crippen molar-refractivity contribution in [3.05, 3.63) is 30.0 Å². The SMILES string of the molecule is C[C@H]1C[C@@H]1c1ccc(CN(C(=O)Cn2cnnn2)C2CC2)o1. The van der Waals surface area contributed by atoms with Gasteiger partial charge in [-0.3, -0.25) is 4.79 Å². The Kier molecular flexibility index (Phi) is 3.20. The van der Waals surface area contributed by atoms with Crippen LogP contribution in [0.15, 0.2) is 22.9 Å². The van der Waals surface area contributed by atoms with Gasteiger partial charge in [-0.15, -0.1) is 5.10 Å². The summed E-state index contributed by atoms with van der Waals surface area (Å²) >= 11 is 0. The molecule has 7 nitrogen and oxygen atoms in total. The van der Waals surface area contributed by atoms with Crippen molar-refractivity contribution in [2.24, 2.45) is 5.92 Å². The Morgan fingerprint density at radius 2 is 2.27 bits per heavy atom. The summed E-state index contributed by atoms with van der Waals surface area (Å²) in [7, 11) is 0. The predicted octanol–water partition coefficient (Wildman–Crippen LogP) is 1.58. The van der Waals surface area contributed by atoms with Gasteiger partial charge in [-0.25, -0.2) is 4.68 Å². The molecule has 0 saturated heterocycles. The highest BCUT2D eigenvalue weighted by Gasteiger charge is 2.37. The third-order valence-corrected chi connectivity index (χ3v) is 4.48. The van der Waals surface area contributed by atoms with Crippen molar-refractivity contribution in [2.75, 3.05) is 0 Å². The predicted molar refractivity (Wildman–Crippen MR) is 76.6 cm³/mol. The number of furan rings is 1. The zero-order valence-corrected chi connectivity index (χ0v) is 12.6. The Labute approximate surface area is 128 Å². The monoisotopic (exact) mass is 301 g/mol. The highest BCUT2D eigenvalue weighted by Crippen LogP contribution is 2.47. The van der Waals surface area contributed by atoms with Crippen LogP contribution in [0.1, 0.15) is 43.6 Å². The van der Waals surface area contributed by atoms with Crippen LogP contribution in [0.2, 0.25) is 0 Å². The third kappa shape index (κ3) is 2.75. The van der Waals surface area contributed by atoms with Crippen molar-refractivity contribution >= 4 is 5.91 Å². The van der Waals surface area contributed by atoms with E-state index in [1.165, 1.54) is 17.4 Å². The Morgan fingerprint density at radius 3 is 2.91 bits per heavy atom. The smallest absolute Gasteiger partial charge is 0.245 e. The lowest BCUT2D eigenvalue weighted by molar-refractivity contribution is -0.133. The molecule has 2 aromatic heterocycles. The second-order valence-corrected chi connectivity index (χ2v) is 6.38. The van der Waals surface area contributed by atoms with Crippen molar-refractivity contribution in [1.82, 2.24) is 25.1 Å². The van der Waals surface area contributed by atoms with Crippen LogP contribution in [0.5, 0.6) is 0 Å². The molecule has 0 bridgehead atoms. The minimum Gasteiger partial charge on any atom is -0.464 e. The normalized spacial score (nSPS) is 23.5. The quantitative estimate of drug-likeness (QED) is 0.809. The maximum Gasteiger partial charge on any atom is 0.245 e. The number of aromatic nitrogens is 4. The van der Waals surface area contributed by atoms with Crippen LogP contribution >= 0.6 is 0 Å². The third-order valence-electron chi connectivity index (χ3n) is 4.48. The number of carbonyl (C=O) groups excluding carboxylic acids is 1. The Morgan fingerprint density at radius 1 is 1.45 bits per heavy atom. The number of carbonyl (C=O) groups is 1. The summed E-state index contributed by atoms with van der Waals surface area (Å²) in [6.07, 6.45) is 4.79. The minimum absolute atomic E-state index is 0.0348. The lowest BCUT2D eigenvalue weighted by Gasteiger charge is -2.21. The molecular weight excluding hydrogens is 282 g/mol. The number of tetrazole rings is 1. The van der Waals surface area contributed by atoms with Gasteiger partial charge in [0.2, 0.25) is 5.91 Å². The molecule has 22 heavy (non-hydrogen) atoms. The summed E-state index contributed by atoms with van der Waals surface area (Å²) in [4.78, 5) is 14.4. The van der Waals surface area contributed by atoms with E-state index in [1.807, 2.05) is 11.0 Å². The van der Waals surface area contributed by atoms with E-state index in [4.69, 9.17) is 4.42 Å². The van der Waals surface area contributed by atoms with Gasteiger partial charge in [0.05, 0.1) is 6.54 Å². The largest absolute Gasteiger partial charge is 0.464 e. The molecule has 1 amide bonds. The van der Waals surface area contributed by atoms with Crippen LogP contribution < -0.4 is 0 Å². The first-order chi connectivity index (χ1) is 10.7. The second-order valence-electron chi connectivity index (χ2n) is 6.38. The van der Waals surface area contributed by atoms with E-state index in [9.17, 15) is 4.79 Å². The number of hydrogen-bond donors (Lipinski definition) is 0. The van der Waals surface area contributed by atoms with Crippen LogP contribution in [0.4, 0.5) is 0 Å². The average Bonchev–Trinajstić information content (AvgIpc) is 3.36. The molecule has 2 fully saturated rings. The fourth-order valence-electron chi connectivity index (χ4n) is 2.85. The zero-order valence-electron chi connectivity index (χ0n) is 12.6. The first kappa shape index (κ1) is 13.5. The molecule has 2 aromatic rings. The molecule has 2 saturated carbocycles. The van der Waals surface area contributed by atoms with Gasteiger partial charge in [0.1, 0.15) is 24.4 Å². The van der Waals surface area contributed by atoms with E-state index in [-0.39, 0.29) is 12.5 Å². The van der Waals surface area contributed by atoms with E-state index < -0.39 is 0 Å². The number of amides is 1. The van der Waals surface area contributed by atoms with Crippen LogP contribution in [0.25, 0.3) is 0 Å². The molecule has 2 atom stereocenters. The van der Waals surface area contributed by atoms with Gasteiger partial charge in [-0.05, 0) is 47.7 Å². The highest BCUT2D eigenvalue weighted by molar-refractivity contribution is 5.76. The maximum atomic E-state index is 12.5. The first-order valence-electron chi connectivity index (χ1n) is 7.79. The standard InChI is InChI=1S/C15H19N5O2/c1-10-6-13(10)14-5-4-12(22-14)7-20(11-2-3-11)15(21)8-19-9-16-17-18-19/h4-5,9-11,13H,2-3,6-8H2,1H3/t10-,13-/m0/s1. The van der Waals surface area contributed by atoms with E-state index in [2.05, 4.69) is 28.5 Å². The summed E-state index contributed by atoms with van der Waals surface area (Å²) in [5.41, 5.74) is 0. The molecule has 0 unspecified atom stereocenters. The highest BCUT2D eigenvalue weighted by atomic mass is 16.3. The van der Waals surface area contributed by atoms with E-state index in [1.54, 1.807) is 0 Å². The summed E-state index contributed by atoms with van der Waals surface area (Å²) in [5.74, 6) is 3.25. The topological polar surface area (TPSA) is 77.1 Å². The molecule has 0 spiro atoms. The molecule has 116 valence electrons. The fourth-order valence-corrected chi connectivity index (χ4v) is 2.85. The van der Waals surface area contributed by atoms with Crippen molar-refractivity contribution in [2.45, 2.75) is 51.2 Å². The van der Waals surface area contributed by atoms with Crippen molar-refractivity contribution in [3.8, 4) is 0 Å². The summed E-state index contributed by atoms with van der Waals surface area (Å²) in [5, 5.41) is 10.9. The number of hydrogen-bond acceptors (Lipinski definition) is 5. The lowest BCUT2D eigenvalue weighted by Crippen LogP contribution is -2.35. The van der Waals surface area contributed by atoms with E-state index in [0.29, 0.717) is 18.5 Å². The Bertz CT molecular complexity index is 661. The van der Waals surface area contributed by atoms with Gasteiger partial charge in [0, 0.05) is 12.0 Å². The van der Waals surface area contributed by atoms with Crippen LogP contribution in [-0.4, -0.2) is 37.1 Å². The molecule has 4 rings (SSSR count). The molecule has 0 aliphatic heterocycles. The summed E-state index contributed by atoms with van der Waals surface area (Å²) in [6.45, 7) is 2.95. The van der Waals surface area contributed by atoms with Gasteiger partial charge < -0.3 is 9.32 Å². The maximum absolute atomic E-state index is 12.5. The minimum atomic E-state index is 0.0348. The molecule has 0 radical (unpaired) electrons. The fraction of sp³-hybridized carbons (Fsp3) is 0.600.